The van der Waals surface area contributed by atoms with Crippen molar-refractivity contribution in [2.75, 3.05) is 24.4 Å². The summed E-state index contributed by atoms with van der Waals surface area (Å²) in [5, 5.41) is 6.47. The summed E-state index contributed by atoms with van der Waals surface area (Å²) in [5.41, 5.74) is 3.03. The fraction of sp³-hybridized carbons (Fsp3) is 0.154. The standard InChI is InChI=1S/C26H24N2O5/c1-4-32-21-13-14-23-22(15-21)16(2)24(33-23)26(30)28-18-7-5-17(6-8-18)25(29)27-19-9-11-20(31-3)12-10-19/h5-15H,4H2,1-3H3,(H,27,29)(H,28,30). The van der Waals surface area contributed by atoms with Crippen molar-refractivity contribution in [3.8, 4) is 11.5 Å². The summed E-state index contributed by atoms with van der Waals surface area (Å²) in [6.07, 6.45) is 0. The van der Waals surface area contributed by atoms with Gasteiger partial charge in [0, 0.05) is 27.9 Å². The van der Waals surface area contributed by atoms with Crippen LogP contribution in [0.1, 0.15) is 33.4 Å². The number of furan rings is 1. The van der Waals surface area contributed by atoms with Crippen molar-refractivity contribution in [2.45, 2.75) is 13.8 Å². The van der Waals surface area contributed by atoms with E-state index >= 15 is 0 Å². The molecule has 0 fully saturated rings. The monoisotopic (exact) mass is 444 g/mol. The smallest absolute Gasteiger partial charge is 0.291 e. The molecule has 3 aromatic carbocycles. The van der Waals surface area contributed by atoms with Crippen LogP contribution in [-0.4, -0.2) is 25.5 Å². The van der Waals surface area contributed by atoms with E-state index in [0.29, 0.717) is 34.9 Å². The summed E-state index contributed by atoms with van der Waals surface area (Å²) in [7, 11) is 1.59. The van der Waals surface area contributed by atoms with Gasteiger partial charge >= 0.3 is 0 Å². The number of carbonyl (C=O) groups excluding carboxylic acids is 2. The van der Waals surface area contributed by atoms with E-state index in [1.165, 1.54) is 0 Å². The Morgan fingerprint density at radius 2 is 1.45 bits per heavy atom. The van der Waals surface area contributed by atoms with Crippen molar-refractivity contribution >= 4 is 34.2 Å². The predicted octanol–water partition coefficient (Wildman–Crippen LogP) is 5.65. The third kappa shape index (κ3) is 4.82. The Bertz CT molecular complexity index is 1290. The first-order chi connectivity index (χ1) is 16.0. The molecule has 2 amide bonds. The molecule has 7 nitrogen and oxygen atoms in total. The van der Waals surface area contributed by atoms with E-state index in [2.05, 4.69) is 10.6 Å². The van der Waals surface area contributed by atoms with Gasteiger partial charge in [0.15, 0.2) is 5.76 Å². The fourth-order valence-electron chi connectivity index (χ4n) is 3.44. The normalized spacial score (nSPS) is 10.6. The molecule has 4 rings (SSSR count). The van der Waals surface area contributed by atoms with Gasteiger partial charge in [-0.1, -0.05) is 0 Å². The minimum absolute atomic E-state index is 0.236. The van der Waals surface area contributed by atoms with Crippen LogP contribution in [0.15, 0.2) is 71.1 Å². The van der Waals surface area contributed by atoms with Gasteiger partial charge in [-0.2, -0.15) is 0 Å². The van der Waals surface area contributed by atoms with Gasteiger partial charge in [0.25, 0.3) is 11.8 Å². The molecule has 0 aliphatic heterocycles. The molecule has 2 N–H and O–H groups in total. The van der Waals surface area contributed by atoms with Crippen molar-refractivity contribution in [3.05, 3.63) is 83.6 Å². The maximum Gasteiger partial charge on any atom is 0.291 e. The van der Waals surface area contributed by atoms with Crippen LogP contribution in [0.25, 0.3) is 11.0 Å². The highest BCUT2D eigenvalue weighted by Crippen LogP contribution is 2.29. The van der Waals surface area contributed by atoms with Gasteiger partial charge in [0.2, 0.25) is 0 Å². The lowest BCUT2D eigenvalue weighted by Crippen LogP contribution is -2.14. The van der Waals surface area contributed by atoms with Crippen LogP contribution >= 0.6 is 0 Å². The summed E-state index contributed by atoms with van der Waals surface area (Å²) >= 11 is 0. The zero-order valence-corrected chi connectivity index (χ0v) is 18.6. The van der Waals surface area contributed by atoms with Gasteiger partial charge < -0.3 is 24.5 Å². The molecular formula is C26H24N2O5. The minimum Gasteiger partial charge on any atom is -0.497 e. The molecule has 4 aromatic rings. The Hall–Kier alpha value is -4.26. The average Bonchev–Trinajstić information content (AvgIpc) is 3.16. The van der Waals surface area contributed by atoms with Crippen LogP contribution in [0.4, 0.5) is 11.4 Å². The molecule has 0 aliphatic rings. The SMILES string of the molecule is CCOc1ccc2oc(C(=O)Nc3ccc(C(=O)Nc4ccc(OC)cc4)cc3)c(C)c2c1. The van der Waals surface area contributed by atoms with Gasteiger partial charge in [-0.25, -0.2) is 0 Å². The van der Waals surface area contributed by atoms with Crippen molar-refractivity contribution in [1.82, 2.24) is 0 Å². The number of benzene rings is 3. The fourth-order valence-corrected chi connectivity index (χ4v) is 3.44. The summed E-state index contributed by atoms with van der Waals surface area (Å²) in [6.45, 7) is 4.31. The molecule has 33 heavy (non-hydrogen) atoms. The van der Waals surface area contributed by atoms with Gasteiger partial charge in [-0.3, -0.25) is 9.59 Å². The lowest BCUT2D eigenvalue weighted by molar-refractivity contribution is 0.0996. The average molecular weight is 444 g/mol. The molecule has 0 bridgehead atoms. The highest BCUT2D eigenvalue weighted by Gasteiger charge is 2.18. The van der Waals surface area contributed by atoms with E-state index in [0.717, 1.165) is 16.7 Å². The highest BCUT2D eigenvalue weighted by molar-refractivity contribution is 6.07. The van der Waals surface area contributed by atoms with E-state index in [4.69, 9.17) is 13.9 Å². The molecule has 0 unspecified atom stereocenters. The van der Waals surface area contributed by atoms with Crippen LogP contribution in [0.2, 0.25) is 0 Å². The third-order valence-corrected chi connectivity index (χ3v) is 5.18. The first-order valence-electron chi connectivity index (χ1n) is 10.5. The second kappa shape index (κ2) is 9.48. The molecule has 7 heteroatoms. The summed E-state index contributed by atoms with van der Waals surface area (Å²) < 4.78 is 16.4. The lowest BCUT2D eigenvalue weighted by atomic mass is 10.1. The molecular weight excluding hydrogens is 420 g/mol. The maximum atomic E-state index is 12.8. The number of hydrogen-bond acceptors (Lipinski definition) is 5. The summed E-state index contributed by atoms with van der Waals surface area (Å²) in [6, 6.07) is 19.2. The second-order valence-electron chi connectivity index (χ2n) is 7.36. The third-order valence-electron chi connectivity index (χ3n) is 5.18. The van der Waals surface area contributed by atoms with Crippen LogP contribution in [0.5, 0.6) is 11.5 Å². The number of methoxy groups -OCH3 is 1. The van der Waals surface area contributed by atoms with Gasteiger partial charge in [-0.05, 0) is 80.6 Å². The number of hydrogen-bond donors (Lipinski definition) is 2. The molecule has 168 valence electrons. The predicted molar refractivity (Wildman–Crippen MR) is 127 cm³/mol. The summed E-state index contributed by atoms with van der Waals surface area (Å²) in [4.78, 5) is 25.3. The Morgan fingerprint density at radius 1 is 0.848 bits per heavy atom. The van der Waals surface area contributed by atoms with E-state index in [-0.39, 0.29) is 17.6 Å². The molecule has 0 saturated heterocycles. The molecule has 0 radical (unpaired) electrons. The van der Waals surface area contributed by atoms with Gasteiger partial charge in [0.1, 0.15) is 17.1 Å². The largest absolute Gasteiger partial charge is 0.497 e. The number of aryl methyl sites for hydroxylation is 1. The zero-order chi connectivity index (χ0) is 23.4. The summed E-state index contributed by atoms with van der Waals surface area (Å²) in [5.74, 6) is 1.06. The topological polar surface area (TPSA) is 89.8 Å². The van der Waals surface area contributed by atoms with Crippen molar-refractivity contribution in [2.24, 2.45) is 0 Å². The van der Waals surface area contributed by atoms with Gasteiger partial charge in [-0.15, -0.1) is 0 Å². The van der Waals surface area contributed by atoms with E-state index < -0.39 is 0 Å². The molecule has 0 spiro atoms. The number of anilines is 2. The van der Waals surface area contributed by atoms with Crippen LogP contribution < -0.4 is 20.1 Å². The molecule has 1 aromatic heterocycles. The molecule has 0 aliphatic carbocycles. The molecule has 0 saturated carbocycles. The lowest BCUT2D eigenvalue weighted by Gasteiger charge is -2.08. The maximum absolute atomic E-state index is 12.8. The highest BCUT2D eigenvalue weighted by atomic mass is 16.5. The van der Waals surface area contributed by atoms with Crippen LogP contribution in [0, 0.1) is 6.92 Å². The van der Waals surface area contributed by atoms with E-state index in [9.17, 15) is 9.59 Å². The van der Waals surface area contributed by atoms with Crippen molar-refractivity contribution < 1.29 is 23.5 Å². The number of amides is 2. The van der Waals surface area contributed by atoms with Crippen LogP contribution in [0.3, 0.4) is 0 Å². The van der Waals surface area contributed by atoms with Gasteiger partial charge in [0.05, 0.1) is 13.7 Å². The number of nitrogens with one attached hydrogen (secondary N) is 2. The molecule has 0 atom stereocenters. The Kier molecular flexibility index (Phi) is 6.31. The second-order valence-corrected chi connectivity index (χ2v) is 7.36. The number of fused-ring (bicyclic) bond motifs is 1. The van der Waals surface area contributed by atoms with Crippen molar-refractivity contribution in [1.29, 1.82) is 0 Å². The van der Waals surface area contributed by atoms with Crippen molar-refractivity contribution in [3.63, 3.8) is 0 Å². The quantitative estimate of drug-likeness (QED) is 0.384. The van der Waals surface area contributed by atoms with E-state index in [1.807, 2.05) is 26.0 Å². The molecule has 1 heterocycles. The first-order valence-corrected chi connectivity index (χ1v) is 10.5. The number of rotatable bonds is 7. The Balaban J connectivity index is 1.44. The minimum atomic E-state index is -0.364. The first kappa shape index (κ1) is 22.0. The Labute approximate surface area is 191 Å². The zero-order valence-electron chi connectivity index (χ0n) is 18.6. The van der Waals surface area contributed by atoms with E-state index in [1.54, 1.807) is 61.7 Å². The number of carbonyl (C=O) groups is 2. The van der Waals surface area contributed by atoms with Crippen LogP contribution in [-0.2, 0) is 0 Å². The number of ether oxygens (including phenoxy) is 2. The Morgan fingerprint density at radius 3 is 2.09 bits per heavy atom.